The van der Waals surface area contributed by atoms with Gasteiger partial charge in [-0.15, -0.1) is 11.3 Å². The molecule has 0 unspecified atom stereocenters. The van der Waals surface area contributed by atoms with Gasteiger partial charge in [-0.05, 0) is 37.5 Å². The van der Waals surface area contributed by atoms with E-state index in [0.29, 0.717) is 17.2 Å². The van der Waals surface area contributed by atoms with Crippen molar-refractivity contribution in [3.05, 3.63) is 53.4 Å². The Bertz CT molecular complexity index is 969. The molecule has 6 heteroatoms. The van der Waals surface area contributed by atoms with E-state index in [2.05, 4.69) is 16.0 Å². The Hall–Kier alpha value is -2.65. The van der Waals surface area contributed by atoms with Crippen LogP contribution in [-0.4, -0.2) is 15.0 Å². The molecule has 1 fully saturated rings. The molecule has 0 amide bonds. The molecule has 0 radical (unpaired) electrons. The minimum Gasteiger partial charge on any atom is -0.261 e. The largest absolute Gasteiger partial charge is 0.261 e. The van der Waals surface area contributed by atoms with Crippen LogP contribution in [0.3, 0.4) is 0 Å². The van der Waals surface area contributed by atoms with Crippen LogP contribution in [-0.2, 0) is 0 Å². The fourth-order valence-corrected chi connectivity index (χ4v) is 3.80. The van der Waals surface area contributed by atoms with Crippen LogP contribution >= 0.6 is 11.3 Å². The van der Waals surface area contributed by atoms with Crippen LogP contribution in [0.15, 0.2) is 30.6 Å². The fraction of sp³-hybridized carbons (Fsp3) is 0.222. The number of pyridine rings is 2. The van der Waals surface area contributed by atoms with Gasteiger partial charge in [-0.1, -0.05) is 6.07 Å². The van der Waals surface area contributed by atoms with E-state index in [1.807, 2.05) is 13.0 Å². The van der Waals surface area contributed by atoms with Crippen LogP contribution in [0.2, 0.25) is 0 Å². The minimum atomic E-state index is -0.377. The number of nitrogens with zero attached hydrogens (tertiary/aromatic N) is 4. The monoisotopic (exact) mass is 336 g/mol. The minimum absolute atomic E-state index is 0.377. The van der Waals surface area contributed by atoms with E-state index in [4.69, 9.17) is 10.2 Å². The van der Waals surface area contributed by atoms with Crippen molar-refractivity contribution in [3.63, 3.8) is 0 Å². The number of rotatable bonds is 3. The molecule has 3 heterocycles. The number of hydrogen-bond acceptors (Lipinski definition) is 5. The Morgan fingerprint density at radius 2 is 2.08 bits per heavy atom. The standard InChI is InChI=1S/C18H13FN4S/c1-10-2-5-14(7-20)22-15(10)17-16(11-3-4-11)23-18(24-17)12-6-13(19)9-21-8-12/h2,5-6,8-9,11H,3-4H2,1H3. The first-order valence-electron chi connectivity index (χ1n) is 7.65. The molecule has 4 rings (SSSR count). The van der Waals surface area contributed by atoms with Gasteiger partial charge >= 0.3 is 0 Å². The van der Waals surface area contributed by atoms with Crippen molar-refractivity contribution in [2.45, 2.75) is 25.7 Å². The number of aromatic nitrogens is 3. The Morgan fingerprint density at radius 3 is 2.79 bits per heavy atom. The predicted molar refractivity (Wildman–Crippen MR) is 90.0 cm³/mol. The Balaban J connectivity index is 1.88. The first-order valence-corrected chi connectivity index (χ1v) is 8.47. The Morgan fingerprint density at radius 1 is 1.25 bits per heavy atom. The van der Waals surface area contributed by atoms with Crippen LogP contribution in [0.1, 0.15) is 35.7 Å². The second-order valence-corrected chi connectivity index (χ2v) is 6.87. The zero-order chi connectivity index (χ0) is 16.7. The van der Waals surface area contributed by atoms with Gasteiger partial charge in [0.25, 0.3) is 0 Å². The molecule has 1 aliphatic rings. The highest BCUT2D eigenvalue weighted by atomic mass is 32.1. The normalized spacial score (nSPS) is 13.7. The van der Waals surface area contributed by atoms with Gasteiger partial charge in [0, 0.05) is 17.7 Å². The Labute approximate surface area is 142 Å². The summed E-state index contributed by atoms with van der Waals surface area (Å²) in [5.74, 6) is 0.0523. The lowest BCUT2D eigenvalue weighted by atomic mass is 10.1. The lowest BCUT2D eigenvalue weighted by Gasteiger charge is -2.04. The molecule has 0 saturated heterocycles. The molecule has 1 saturated carbocycles. The van der Waals surface area contributed by atoms with Crippen LogP contribution in [0, 0.1) is 24.1 Å². The van der Waals surface area contributed by atoms with Crippen LogP contribution < -0.4 is 0 Å². The zero-order valence-electron chi connectivity index (χ0n) is 13.0. The molecule has 3 aromatic rings. The molecule has 0 atom stereocenters. The highest BCUT2D eigenvalue weighted by Gasteiger charge is 2.31. The van der Waals surface area contributed by atoms with Crippen molar-refractivity contribution in [2.24, 2.45) is 0 Å². The van der Waals surface area contributed by atoms with Crippen molar-refractivity contribution >= 4 is 11.3 Å². The summed E-state index contributed by atoms with van der Waals surface area (Å²) in [6.07, 6.45) is 5.01. The molecule has 0 aliphatic heterocycles. The molecular weight excluding hydrogens is 323 g/mol. The van der Waals surface area contributed by atoms with Gasteiger partial charge < -0.3 is 0 Å². The zero-order valence-corrected chi connectivity index (χ0v) is 13.8. The van der Waals surface area contributed by atoms with Gasteiger partial charge in [-0.3, -0.25) is 4.98 Å². The van der Waals surface area contributed by atoms with Crippen molar-refractivity contribution in [3.8, 4) is 27.2 Å². The summed E-state index contributed by atoms with van der Waals surface area (Å²) in [7, 11) is 0. The lowest BCUT2D eigenvalue weighted by Crippen LogP contribution is -1.93. The first-order chi connectivity index (χ1) is 11.7. The van der Waals surface area contributed by atoms with Crippen molar-refractivity contribution in [2.75, 3.05) is 0 Å². The van der Waals surface area contributed by atoms with Crippen molar-refractivity contribution in [1.82, 2.24) is 15.0 Å². The lowest BCUT2D eigenvalue weighted by molar-refractivity contribution is 0.622. The third kappa shape index (κ3) is 2.68. The topological polar surface area (TPSA) is 62.5 Å². The number of nitriles is 1. The molecule has 118 valence electrons. The average molecular weight is 336 g/mol. The highest BCUT2D eigenvalue weighted by Crippen LogP contribution is 2.47. The van der Waals surface area contributed by atoms with Gasteiger partial charge in [-0.2, -0.15) is 5.26 Å². The van der Waals surface area contributed by atoms with Gasteiger partial charge in [0.15, 0.2) is 0 Å². The molecule has 0 aromatic carbocycles. The van der Waals surface area contributed by atoms with Crippen molar-refractivity contribution in [1.29, 1.82) is 5.26 Å². The fourth-order valence-electron chi connectivity index (χ4n) is 2.61. The molecule has 0 bridgehead atoms. The summed E-state index contributed by atoms with van der Waals surface area (Å²) in [5, 5.41) is 9.87. The summed E-state index contributed by atoms with van der Waals surface area (Å²) in [4.78, 5) is 14.1. The molecule has 4 nitrogen and oxygen atoms in total. The molecule has 3 aromatic heterocycles. The molecular formula is C18H13FN4S. The van der Waals surface area contributed by atoms with Gasteiger partial charge in [0.1, 0.15) is 22.6 Å². The van der Waals surface area contributed by atoms with E-state index in [1.54, 1.807) is 12.3 Å². The van der Waals surface area contributed by atoms with Gasteiger partial charge in [0.05, 0.1) is 22.5 Å². The van der Waals surface area contributed by atoms with Crippen molar-refractivity contribution < 1.29 is 4.39 Å². The molecule has 1 aliphatic carbocycles. The van der Waals surface area contributed by atoms with Gasteiger partial charge in [-0.25, -0.2) is 14.4 Å². The highest BCUT2D eigenvalue weighted by molar-refractivity contribution is 7.18. The summed E-state index contributed by atoms with van der Waals surface area (Å²) >= 11 is 1.49. The Kier molecular flexibility index (Phi) is 3.58. The molecule has 24 heavy (non-hydrogen) atoms. The van der Waals surface area contributed by atoms with E-state index in [-0.39, 0.29) is 5.82 Å². The van der Waals surface area contributed by atoms with E-state index >= 15 is 0 Å². The second kappa shape index (κ2) is 5.77. The summed E-state index contributed by atoms with van der Waals surface area (Å²) in [6, 6.07) is 7.15. The average Bonchev–Trinajstić information content (AvgIpc) is 3.34. The van der Waals surface area contributed by atoms with Crippen LogP contribution in [0.25, 0.3) is 21.1 Å². The second-order valence-electron chi connectivity index (χ2n) is 5.87. The first kappa shape index (κ1) is 14.9. The van der Waals surface area contributed by atoms with E-state index in [1.165, 1.54) is 23.6 Å². The number of aryl methyl sites for hydroxylation is 1. The number of thiazole rings is 1. The van der Waals surface area contributed by atoms with Gasteiger partial charge in [0.2, 0.25) is 0 Å². The smallest absolute Gasteiger partial charge is 0.142 e. The molecule has 0 N–H and O–H groups in total. The maximum absolute atomic E-state index is 13.5. The number of halogens is 1. The summed E-state index contributed by atoms with van der Waals surface area (Å²) in [6.45, 7) is 1.98. The number of hydrogen-bond donors (Lipinski definition) is 0. The van der Waals surface area contributed by atoms with E-state index < -0.39 is 0 Å². The van der Waals surface area contributed by atoms with E-state index in [0.717, 1.165) is 39.7 Å². The predicted octanol–water partition coefficient (Wildman–Crippen LogP) is 4.46. The maximum atomic E-state index is 13.5. The third-order valence-electron chi connectivity index (χ3n) is 4.00. The summed E-state index contributed by atoms with van der Waals surface area (Å²) in [5.41, 5.74) is 3.86. The molecule has 0 spiro atoms. The summed E-state index contributed by atoms with van der Waals surface area (Å²) < 4.78 is 13.5. The van der Waals surface area contributed by atoms with E-state index in [9.17, 15) is 4.39 Å². The quantitative estimate of drug-likeness (QED) is 0.708. The maximum Gasteiger partial charge on any atom is 0.142 e. The SMILES string of the molecule is Cc1ccc(C#N)nc1-c1sc(-c2cncc(F)c2)nc1C1CC1. The van der Waals surface area contributed by atoms with Crippen LogP contribution in [0.5, 0.6) is 0 Å². The third-order valence-corrected chi connectivity index (χ3v) is 5.12. The van der Waals surface area contributed by atoms with Crippen LogP contribution in [0.4, 0.5) is 4.39 Å².